The minimum atomic E-state index is -0.339. The van der Waals surface area contributed by atoms with Gasteiger partial charge in [-0.1, -0.05) is 13.8 Å². The van der Waals surface area contributed by atoms with E-state index in [9.17, 15) is 9.90 Å². The normalized spacial score (nSPS) is 10.6. The van der Waals surface area contributed by atoms with Gasteiger partial charge in [0.15, 0.2) is 0 Å². The number of nitrogens with one attached hydrogen (secondary N) is 1. The number of carbonyl (C=O) groups excluding carboxylic acids is 1. The molecule has 0 aromatic heterocycles. The second-order valence-corrected chi connectivity index (χ2v) is 4.93. The van der Waals surface area contributed by atoms with E-state index in [4.69, 9.17) is 9.47 Å². The lowest BCUT2D eigenvalue weighted by molar-refractivity contribution is 0.0903. The second kappa shape index (κ2) is 8.43. The van der Waals surface area contributed by atoms with Gasteiger partial charge in [0.25, 0.3) is 5.91 Å². The van der Waals surface area contributed by atoms with E-state index in [1.54, 1.807) is 6.07 Å². The molecule has 2 N–H and O–H groups in total. The first-order chi connectivity index (χ1) is 9.54. The largest absolute Gasteiger partial charge is 0.507 e. The lowest BCUT2D eigenvalue weighted by atomic mass is 10.1. The van der Waals surface area contributed by atoms with Gasteiger partial charge in [-0.3, -0.25) is 4.79 Å². The molecule has 0 heterocycles. The van der Waals surface area contributed by atoms with Gasteiger partial charge in [0.2, 0.25) is 0 Å². The zero-order chi connectivity index (χ0) is 15.0. The Morgan fingerprint density at radius 3 is 2.75 bits per heavy atom. The zero-order valence-electron chi connectivity index (χ0n) is 12.3. The van der Waals surface area contributed by atoms with Crippen molar-refractivity contribution in [3.63, 3.8) is 0 Å². The first-order valence-electron chi connectivity index (χ1n) is 6.77. The van der Waals surface area contributed by atoms with E-state index in [1.165, 1.54) is 19.2 Å². The van der Waals surface area contributed by atoms with Gasteiger partial charge in [-0.2, -0.15) is 0 Å². The molecule has 1 aromatic rings. The second-order valence-electron chi connectivity index (χ2n) is 4.93. The fourth-order valence-corrected chi connectivity index (χ4v) is 1.58. The van der Waals surface area contributed by atoms with E-state index in [2.05, 4.69) is 19.2 Å². The smallest absolute Gasteiger partial charge is 0.255 e. The van der Waals surface area contributed by atoms with E-state index >= 15 is 0 Å². The van der Waals surface area contributed by atoms with Crippen molar-refractivity contribution in [3.05, 3.63) is 23.8 Å². The zero-order valence-corrected chi connectivity index (χ0v) is 12.3. The van der Waals surface area contributed by atoms with Gasteiger partial charge in [-0.05, 0) is 30.5 Å². The molecule has 5 nitrogen and oxygen atoms in total. The minimum absolute atomic E-state index is 0.0657. The first-order valence-corrected chi connectivity index (χ1v) is 6.77. The van der Waals surface area contributed by atoms with Crippen molar-refractivity contribution >= 4 is 5.91 Å². The van der Waals surface area contributed by atoms with Crippen LogP contribution in [0, 0.1) is 5.92 Å². The molecule has 0 aliphatic rings. The number of hydrogen-bond donors (Lipinski definition) is 2. The number of amides is 1. The standard InChI is InChI=1S/C15H23NO4/c1-11(2)6-8-20-9-7-16-15(18)13-10-12(19-3)4-5-14(13)17/h4-5,10-11,17H,6-9H2,1-3H3,(H,16,18). The predicted molar refractivity (Wildman–Crippen MR) is 77.3 cm³/mol. The van der Waals surface area contributed by atoms with Gasteiger partial charge in [-0.15, -0.1) is 0 Å². The summed E-state index contributed by atoms with van der Waals surface area (Å²) >= 11 is 0. The van der Waals surface area contributed by atoms with Crippen LogP contribution in [0.25, 0.3) is 0 Å². The molecule has 0 aliphatic heterocycles. The Balaban J connectivity index is 2.36. The highest BCUT2D eigenvalue weighted by Crippen LogP contribution is 2.22. The SMILES string of the molecule is COc1ccc(O)c(C(=O)NCCOCCC(C)C)c1. The molecule has 5 heteroatoms. The van der Waals surface area contributed by atoms with Crippen LogP contribution in [-0.2, 0) is 4.74 Å². The third-order valence-electron chi connectivity index (χ3n) is 2.82. The maximum absolute atomic E-state index is 11.9. The molecule has 0 unspecified atom stereocenters. The quantitative estimate of drug-likeness (QED) is 0.717. The number of phenolic OH excluding ortho intramolecular Hbond substituents is 1. The average molecular weight is 281 g/mol. The summed E-state index contributed by atoms with van der Waals surface area (Å²) in [6.07, 6.45) is 1.00. The molecule has 0 saturated heterocycles. The highest BCUT2D eigenvalue weighted by atomic mass is 16.5. The van der Waals surface area contributed by atoms with Crippen LogP contribution < -0.4 is 10.1 Å². The van der Waals surface area contributed by atoms with Crippen molar-refractivity contribution in [1.29, 1.82) is 0 Å². The van der Waals surface area contributed by atoms with Gasteiger partial charge < -0.3 is 19.9 Å². The first kappa shape index (κ1) is 16.3. The number of rotatable bonds is 8. The van der Waals surface area contributed by atoms with Crippen molar-refractivity contribution in [1.82, 2.24) is 5.32 Å². The third kappa shape index (κ3) is 5.48. The Morgan fingerprint density at radius 1 is 1.35 bits per heavy atom. The van der Waals surface area contributed by atoms with Crippen molar-refractivity contribution in [3.8, 4) is 11.5 Å². The molecule has 112 valence electrons. The van der Waals surface area contributed by atoms with E-state index in [-0.39, 0.29) is 17.2 Å². The van der Waals surface area contributed by atoms with Crippen LogP contribution in [0.1, 0.15) is 30.6 Å². The van der Waals surface area contributed by atoms with Crippen LogP contribution in [0.3, 0.4) is 0 Å². The molecular weight excluding hydrogens is 258 g/mol. The molecule has 0 bridgehead atoms. The fourth-order valence-electron chi connectivity index (χ4n) is 1.58. The molecule has 1 rings (SSSR count). The molecule has 20 heavy (non-hydrogen) atoms. The number of phenols is 1. The van der Waals surface area contributed by atoms with E-state index in [0.717, 1.165) is 6.42 Å². The van der Waals surface area contributed by atoms with Gasteiger partial charge >= 0.3 is 0 Å². The lowest BCUT2D eigenvalue weighted by Gasteiger charge is -2.09. The molecule has 1 amide bonds. The van der Waals surface area contributed by atoms with E-state index in [0.29, 0.717) is 31.4 Å². The summed E-state index contributed by atoms with van der Waals surface area (Å²) in [6, 6.07) is 4.54. The number of hydrogen-bond acceptors (Lipinski definition) is 4. The number of benzene rings is 1. The van der Waals surface area contributed by atoms with Crippen LogP contribution in [0.2, 0.25) is 0 Å². The molecule has 0 atom stereocenters. The number of ether oxygens (including phenoxy) is 2. The van der Waals surface area contributed by atoms with Crippen LogP contribution in [-0.4, -0.2) is 37.9 Å². The summed E-state index contributed by atoms with van der Waals surface area (Å²) in [7, 11) is 1.51. The maximum Gasteiger partial charge on any atom is 0.255 e. The summed E-state index contributed by atoms with van der Waals surface area (Å²) in [5.74, 6) is 0.734. The Labute approximate surface area is 119 Å². The molecule has 1 aromatic carbocycles. The van der Waals surface area contributed by atoms with E-state index < -0.39 is 0 Å². The molecule has 0 radical (unpaired) electrons. The highest BCUT2D eigenvalue weighted by Gasteiger charge is 2.11. The van der Waals surface area contributed by atoms with Crippen molar-refractivity contribution < 1.29 is 19.4 Å². The molecular formula is C15H23NO4. The summed E-state index contributed by atoms with van der Waals surface area (Å²) in [5, 5.41) is 12.4. The van der Waals surface area contributed by atoms with Crippen molar-refractivity contribution in [2.24, 2.45) is 5.92 Å². The molecule has 0 aliphatic carbocycles. The predicted octanol–water partition coefficient (Wildman–Crippen LogP) is 2.19. The number of methoxy groups -OCH3 is 1. The van der Waals surface area contributed by atoms with Crippen LogP contribution in [0.5, 0.6) is 11.5 Å². The van der Waals surface area contributed by atoms with Crippen LogP contribution in [0.4, 0.5) is 0 Å². The Hall–Kier alpha value is -1.75. The minimum Gasteiger partial charge on any atom is -0.507 e. The maximum atomic E-state index is 11.9. The number of carbonyl (C=O) groups is 1. The fraction of sp³-hybridized carbons (Fsp3) is 0.533. The van der Waals surface area contributed by atoms with Gasteiger partial charge in [0, 0.05) is 13.2 Å². The Bertz CT molecular complexity index is 432. The van der Waals surface area contributed by atoms with Crippen LogP contribution >= 0.6 is 0 Å². The van der Waals surface area contributed by atoms with Crippen molar-refractivity contribution in [2.45, 2.75) is 20.3 Å². The van der Waals surface area contributed by atoms with Gasteiger partial charge in [0.1, 0.15) is 11.5 Å². The summed E-state index contributed by atoms with van der Waals surface area (Å²) < 4.78 is 10.4. The Morgan fingerprint density at radius 2 is 2.10 bits per heavy atom. The van der Waals surface area contributed by atoms with Gasteiger partial charge in [0.05, 0.1) is 19.3 Å². The third-order valence-corrected chi connectivity index (χ3v) is 2.82. The summed E-state index contributed by atoms with van der Waals surface area (Å²) in [5.41, 5.74) is 0.200. The van der Waals surface area contributed by atoms with Crippen molar-refractivity contribution in [2.75, 3.05) is 26.9 Å². The molecule has 0 fully saturated rings. The molecule has 0 spiro atoms. The van der Waals surface area contributed by atoms with Gasteiger partial charge in [-0.25, -0.2) is 0 Å². The topological polar surface area (TPSA) is 67.8 Å². The lowest BCUT2D eigenvalue weighted by Crippen LogP contribution is -2.27. The van der Waals surface area contributed by atoms with Crippen LogP contribution in [0.15, 0.2) is 18.2 Å². The van der Waals surface area contributed by atoms with E-state index in [1.807, 2.05) is 0 Å². The Kier molecular flexibility index (Phi) is 6.87. The summed E-state index contributed by atoms with van der Waals surface area (Å²) in [4.78, 5) is 11.9. The highest BCUT2D eigenvalue weighted by molar-refractivity contribution is 5.97. The monoisotopic (exact) mass is 281 g/mol. The number of aromatic hydroxyl groups is 1. The summed E-state index contributed by atoms with van der Waals surface area (Å²) in [6.45, 7) is 5.84. The molecule has 0 saturated carbocycles. The average Bonchev–Trinajstić information content (AvgIpc) is 2.42.